The van der Waals surface area contributed by atoms with Crippen LogP contribution in [0.25, 0.3) is 5.76 Å². The molecule has 2 aromatic carbocycles. The maximum atomic E-state index is 12.9. The number of hydrogen-bond donors (Lipinski definition) is 2. The molecule has 0 unspecified atom stereocenters. The summed E-state index contributed by atoms with van der Waals surface area (Å²) in [6.45, 7) is 4.97. The smallest absolute Gasteiger partial charge is 0.295 e. The fraction of sp³-hybridized carbons (Fsp3) is 0.304. The highest BCUT2D eigenvalue weighted by atomic mass is 16.3. The summed E-state index contributed by atoms with van der Waals surface area (Å²) in [5.41, 5.74) is 3.42. The molecule has 1 atom stereocenters. The first-order chi connectivity index (χ1) is 13.3. The fourth-order valence-electron chi connectivity index (χ4n) is 3.57. The van der Waals surface area contributed by atoms with Crippen LogP contribution in [0.4, 0.5) is 0 Å². The van der Waals surface area contributed by atoms with E-state index in [0.717, 1.165) is 16.7 Å². The number of aliphatic hydroxyl groups is 1. The zero-order valence-corrected chi connectivity index (χ0v) is 16.8. The second-order valence-electron chi connectivity index (χ2n) is 7.68. The van der Waals surface area contributed by atoms with Crippen LogP contribution in [-0.2, 0) is 9.59 Å². The molecule has 3 rings (SSSR count). The normalized spacial score (nSPS) is 18.9. The predicted molar refractivity (Wildman–Crippen MR) is 109 cm³/mol. The highest BCUT2D eigenvalue weighted by Crippen LogP contribution is 2.39. The summed E-state index contributed by atoms with van der Waals surface area (Å²) < 4.78 is 0. The molecule has 0 aromatic heterocycles. The Morgan fingerprint density at radius 2 is 1.75 bits per heavy atom. The Labute approximate surface area is 165 Å². The lowest BCUT2D eigenvalue weighted by molar-refractivity contribution is -0.857. The van der Waals surface area contributed by atoms with Crippen LogP contribution >= 0.6 is 0 Å². The van der Waals surface area contributed by atoms with E-state index >= 15 is 0 Å². The molecule has 146 valence electrons. The Morgan fingerprint density at radius 1 is 1.07 bits per heavy atom. The summed E-state index contributed by atoms with van der Waals surface area (Å²) in [4.78, 5) is 28.5. The number of nitrogens with one attached hydrogen (secondary N) is 1. The molecule has 0 aliphatic carbocycles. The Balaban J connectivity index is 2.18. The van der Waals surface area contributed by atoms with Gasteiger partial charge in [0.25, 0.3) is 11.7 Å². The van der Waals surface area contributed by atoms with Crippen molar-refractivity contribution < 1.29 is 19.6 Å². The van der Waals surface area contributed by atoms with Crippen molar-refractivity contribution in [2.24, 2.45) is 0 Å². The van der Waals surface area contributed by atoms with Gasteiger partial charge in [-0.1, -0.05) is 48.0 Å². The monoisotopic (exact) mass is 379 g/mol. The summed E-state index contributed by atoms with van der Waals surface area (Å²) in [5.74, 6) is -1.28. The van der Waals surface area contributed by atoms with Crippen LogP contribution in [0.3, 0.4) is 0 Å². The number of nitrogens with zero attached hydrogens (tertiary/aromatic N) is 1. The Kier molecular flexibility index (Phi) is 5.66. The van der Waals surface area contributed by atoms with Crippen molar-refractivity contribution in [3.05, 3.63) is 76.4 Å². The summed E-state index contributed by atoms with van der Waals surface area (Å²) in [5, 5.41) is 11.1. The van der Waals surface area contributed by atoms with E-state index in [2.05, 4.69) is 0 Å². The molecule has 2 N–H and O–H groups in total. The van der Waals surface area contributed by atoms with Crippen molar-refractivity contribution >= 4 is 17.4 Å². The molecule has 1 amide bonds. The van der Waals surface area contributed by atoms with Crippen LogP contribution in [-0.4, -0.2) is 48.9 Å². The van der Waals surface area contributed by atoms with E-state index < -0.39 is 17.7 Å². The van der Waals surface area contributed by atoms with Crippen molar-refractivity contribution in [2.75, 3.05) is 27.2 Å². The molecule has 0 radical (unpaired) electrons. The second-order valence-corrected chi connectivity index (χ2v) is 7.68. The lowest BCUT2D eigenvalue weighted by atomic mass is 9.93. The number of likely N-dealkylation sites (N-methyl/N-ethyl adjacent to an activating group) is 1. The van der Waals surface area contributed by atoms with Crippen molar-refractivity contribution in [1.29, 1.82) is 0 Å². The Bertz CT molecular complexity index is 932. The first kappa shape index (κ1) is 19.8. The minimum Gasteiger partial charge on any atom is -0.507 e. The van der Waals surface area contributed by atoms with Crippen molar-refractivity contribution in [3.63, 3.8) is 0 Å². The van der Waals surface area contributed by atoms with E-state index in [0.29, 0.717) is 18.7 Å². The van der Waals surface area contributed by atoms with Crippen molar-refractivity contribution in [2.45, 2.75) is 19.9 Å². The molecular formula is C23H27N2O3+. The van der Waals surface area contributed by atoms with Gasteiger partial charge in [0, 0.05) is 5.56 Å². The minimum atomic E-state index is -0.624. The van der Waals surface area contributed by atoms with Crippen LogP contribution in [0.15, 0.2) is 54.1 Å². The number of aryl methyl sites for hydroxylation is 2. The number of carbonyl (C=O) groups is 2. The number of hydrogen-bond acceptors (Lipinski definition) is 3. The van der Waals surface area contributed by atoms with Gasteiger partial charge in [0.05, 0.1) is 38.8 Å². The lowest BCUT2D eigenvalue weighted by Crippen LogP contribution is -3.06. The number of carbonyl (C=O) groups excluding carboxylic acids is 2. The van der Waals surface area contributed by atoms with Gasteiger partial charge in [-0.3, -0.25) is 9.59 Å². The molecule has 28 heavy (non-hydrogen) atoms. The summed E-state index contributed by atoms with van der Waals surface area (Å²) in [7, 11) is 4.01. The topological polar surface area (TPSA) is 62.0 Å². The molecule has 0 bridgehead atoms. The van der Waals surface area contributed by atoms with Gasteiger partial charge in [0.15, 0.2) is 0 Å². The summed E-state index contributed by atoms with van der Waals surface area (Å²) in [6.07, 6.45) is 0. The maximum Gasteiger partial charge on any atom is 0.295 e. The zero-order chi connectivity index (χ0) is 20.4. The van der Waals surface area contributed by atoms with E-state index in [1.54, 1.807) is 4.90 Å². The molecule has 0 spiro atoms. The predicted octanol–water partition coefficient (Wildman–Crippen LogP) is 1.87. The maximum absolute atomic E-state index is 12.9. The van der Waals surface area contributed by atoms with Crippen LogP contribution in [0.1, 0.15) is 28.3 Å². The SMILES string of the molecule is Cc1ccc(C)c(C(O)=C2C(=O)C(=O)N(CC[NH+](C)C)[C@H]2c2ccccc2)c1. The van der Waals surface area contributed by atoms with Gasteiger partial charge in [-0.05, 0) is 31.0 Å². The average Bonchev–Trinajstić information content (AvgIpc) is 2.93. The Hall–Kier alpha value is -2.92. The van der Waals surface area contributed by atoms with Gasteiger partial charge in [0.2, 0.25) is 0 Å². The number of quaternary nitrogens is 1. The molecule has 1 fully saturated rings. The van der Waals surface area contributed by atoms with Gasteiger partial charge < -0.3 is 14.9 Å². The highest BCUT2D eigenvalue weighted by molar-refractivity contribution is 6.46. The van der Waals surface area contributed by atoms with E-state index in [4.69, 9.17) is 0 Å². The van der Waals surface area contributed by atoms with Gasteiger partial charge in [-0.2, -0.15) is 0 Å². The standard InChI is InChI=1S/C23H26N2O3/c1-15-10-11-16(2)18(14-15)21(26)19-20(17-8-6-5-7-9-17)25(13-12-24(3)4)23(28)22(19)27/h5-11,14,20,26H,12-13H2,1-4H3/p+1/t20-/m0/s1. The zero-order valence-electron chi connectivity index (χ0n) is 16.8. The molecule has 1 heterocycles. The van der Waals surface area contributed by atoms with Crippen molar-refractivity contribution in [1.82, 2.24) is 4.90 Å². The average molecular weight is 379 g/mol. The van der Waals surface area contributed by atoms with Crippen LogP contribution in [0.2, 0.25) is 0 Å². The largest absolute Gasteiger partial charge is 0.507 e. The van der Waals surface area contributed by atoms with Crippen LogP contribution < -0.4 is 4.90 Å². The van der Waals surface area contributed by atoms with Gasteiger partial charge in [0.1, 0.15) is 5.76 Å². The van der Waals surface area contributed by atoms with E-state index in [9.17, 15) is 14.7 Å². The van der Waals surface area contributed by atoms with Crippen molar-refractivity contribution in [3.8, 4) is 0 Å². The second kappa shape index (κ2) is 7.98. The number of benzene rings is 2. The number of aliphatic hydroxyl groups excluding tert-OH is 1. The number of Topliss-reactive ketones (excluding diaryl/α,β-unsaturated/α-hetero) is 1. The first-order valence-electron chi connectivity index (χ1n) is 9.51. The molecule has 5 nitrogen and oxygen atoms in total. The molecular weight excluding hydrogens is 352 g/mol. The molecule has 5 heteroatoms. The third kappa shape index (κ3) is 3.71. The lowest BCUT2D eigenvalue weighted by Gasteiger charge is -2.25. The summed E-state index contributed by atoms with van der Waals surface area (Å²) >= 11 is 0. The molecule has 1 aliphatic heterocycles. The van der Waals surface area contributed by atoms with Gasteiger partial charge >= 0.3 is 0 Å². The molecule has 0 saturated carbocycles. The quantitative estimate of drug-likeness (QED) is 0.474. The van der Waals surface area contributed by atoms with E-state index in [1.165, 1.54) is 4.90 Å². The summed E-state index contributed by atoms with van der Waals surface area (Å²) in [6, 6.07) is 14.6. The highest BCUT2D eigenvalue weighted by Gasteiger charge is 2.46. The van der Waals surface area contributed by atoms with Crippen LogP contribution in [0.5, 0.6) is 0 Å². The van der Waals surface area contributed by atoms with Gasteiger partial charge in [-0.25, -0.2) is 0 Å². The van der Waals surface area contributed by atoms with Crippen LogP contribution in [0, 0.1) is 13.8 Å². The third-order valence-electron chi connectivity index (χ3n) is 5.16. The van der Waals surface area contributed by atoms with E-state index in [1.807, 2.05) is 76.5 Å². The third-order valence-corrected chi connectivity index (χ3v) is 5.16. The van der Waals surface area contributed by atoms with Gasteiger partial charge in [-0.15, -0.1) is 0 Å². The fourth-order valence-corrected chi connectivity index (χ4v) is 3.57. The minimum absolute atomic E-state index is 0.104. The number of ketones is 1. The number of likely N-dealkylation sites (tertiary alicyclic amines) is 1. The van der Waals surface area contributed by atoms with E-state index in [-0.39, 0.29) is 11.3 Å². The number of rotatable bonds is 5. The Morgan fingerprint density at radius 3 is 2.39 bits per heavy atom. The molecule has 1 aliphatic rings. The first-order valence-corrected chi connectivity index (χ1v) is 9.51. The number of amides is 1. The molecule has 2 aromatic rings. The molecule has 1 saturated heterocycles.